The third-order valence-corrected chi connectivity index (χ3v) is 3.83. The minimum Gasteiger partial charge on any atom is -0.367 e. The molecule has 1 fully saturated rings. The molecule has 21 heavy (non-hydrogen) atoms. The summed E-state index contributed by atoms with van der Waals surface area (Å²) in [4.78, 5) is 26.8. The molecule has 0 radical (unpaired) electrons. The van der Waals surface area contributed by atoms with Crippen molar-refractivity contribution < 1.29 is 9.59 Å². The Morgan fingerprint density at radius 1 is 1.24 bits per heavy atom. The Bertz CT molecular complexity index is 529. The first-order chi connectivity index (χ1) is 9.99. The zero-order chi connectivity index (χ0) is 15.4. The number of halogens is 1. The van der Waals surface area contributed by atoms with Crippen molar-refractivity contribution in [3.63, 3.8) is 0 Å². The smallest absolute Gasteiger partial charge is 0.312 e. The van der Waals surface area contributed by atoms with Crippen molar-refractivity contribution >= 4 is 29.2 Å². The molecule has 0 aliphatic carbocycles. The van der Waals surface area contributed by atoms with Gasteiger partial charge in [-0.25, -0.2) is 4.79 Å². The lowest BCUT2D eigenvalue weighted by Gasteiger charge is -2.37. The summed E-state index contributed by atoms with van der Waals surface area (Å²) < 4.78 is 0. The summed E-state index contributed by atoms with van der Waals surface area (Å²) in [5.41, 5.74) is 6.01. The van der Waals surface area contributed by atoms with Crippen LogP contribution in [0.4, 0.5) is 10.5 Å². The largest absolute Gasteiger partial charge is 0.367 e. The van der Waals surface area contributed by atoms with Crippen LogP contribution in [0.2, 0.25) is 5.02 Å². The Morgan fingerprint density at radius 2 is 1.86 bits per heavy atom. The average Bonchev–Trinajstić information content (AvgIpc) is 2.46. The highest BCUT2D eigenvalue weighted by atomic mass is 35.5. The second-order valence-corrected chi connectivity index (χ2v) is 5.40. The van der Waals surface area contributed by atoms with Crippen LogP contribution < -0.4 is 16.0 Å². The quantitative estimate of drug-likeness (QED) is 0.875. The van der Waals surface area contributed by atoms with Crippen molar-refractivity contribution in [2.45, 2.75) is 13.0 Å². The molecule has 1 unspecified atom stereocenters. The van der Waals surface area contributed by atoms with Crippen molar-refractivity contribution in [2.75, 3.05) is 31.1 Å². The summed E-state index contributed by atoms with van der Waals surface area (Å²) in [5, 5.41) is 3.11. The number of primary amides is 1. The van der Waals surface area contributed by atoms with Gasteiger partial charge in [-0.05, 0) is 19.1 Å². The fourth-order valence-corrected chi connectivity index (χ4v) is 2.68. The van der Waals surface area contributed by atoms with Gasteiger partial charge in [0.2, 0.25) is 5.91 Å². The molecule has 3 amide bonds. The summed E-state index contributed by atoms with van der Waals surface area (Å²) >= 11 is 6.18. The third-order valence-electron chi connectivity index (χ3n) is 3.51. The van der Waals surface area contributed by atoms with Gasteiger partial charge in [0.15, 0.2) is 0 Å². The molecular weight excluding hydrogens is 292 g/mol. The first kappa shape index (κ1) is 15.4. The number of carbonyl (C=O) groups excluding carboxylic acids is 2. The Morgan fingerprint density at radius 3 is 2.43 bits per heavy atom. The number of anilines is 1. The lowest BCUT2D eigenvalue weighted by Crippen LogP contribution is -2.54. The fourth-order valence-electron chi connectivity index (χ4n) is 2.42. The van der Waals surface area contributed by atoms with Gasteiger partial charge < -0.3 is 20.9 Å². The van der Waals surface area contributed by atoms with Crippen LogP contribution in [-0.4, -0.2) is 49.1 Å². The minimum atomic E-state index is -0.689. The number of nitrogens with zero attached hydrogens (tertiary/aromatic N) is 2. The highest BCUT2D eigenvalue weighted by Crippen LogP contribution is 2.26. The van der Waals surface area contributed by atoms with Gasteiger partial charge in [-0.15, -0.1) is 0 Å². The van der Waals surface area contributed by atoms with Crippen molar-refractivity contribution in [1.82, 2.24) is 10.2 Å². The molecular formula is C14H19ClN4O2. The number of urea groups is 1. The van der Waals surface area contributed by atoms with Crippen molar-refractivity contribution in [3.05, 3.63) is 29.3 Å². The number of piperazine rings is 1. The van der Waals surface area contributed by atoms with E-state index in [4.69, 9.17) is 17.3 Å². The van der Waals surface area contributed by atoms with Crippen LogP contribution in [0.15, 0.2) is 24.3 Å². The fraction of sp³-hybridized carbons (Fsp3) is 0.429. The zero-order valence-corrected chi connectivity index (χ0v) is 12.6. The predicted octanol–water partition coefficient (Wildman–Crippen LogP) is 1.05. The molecule has 1 atom stereocenters. The minimum absolute atomic E-state index is 0.118. The first-order valence-electron chi connectivity index (χ1n) is 6.83. The molecule has 1 heterocycles. The maximum atomic E-state index is 12.2. The monoisotopic (exact) mass is 310 g/mol. The van der Waals surface area contributed by atoms with Crippen molar-refractivity contribution in [3.8, 4) is 0 Å². The van der Waals surface area contributed by atoms with E-state index in [0.717, 1.165) is 5.69 Å². The van der Waals surface area contributed by atoms with E-state index in [9.17, 15) is 9.59 Å². The molecule has 0 spiro atoms. The number of nitrogens with one attached hydrogen (secondary N) is 1. The normalized spacial score (nSPS) is 16.5. The van der Waals surface area contributed by atoms with Crippen LogP contribution in [0.1, 0.15) is 6.92 Å². The zero-order valence-electron chi connectivity index (χ0n) is 11.9. The molecule has 0 saturated carbocycles. The van der Waals surface area contributed by atoms with E-state index in [1.807, 2.05) is 24.3 Å². The summed E-state index contributed by atoms with van der Waals surface area (Å²) in [6, 6.07) is 6.37. The van der Waals surface area contributed by atoms with Gasteiger partial charge in [0, 0.05) is 26.2 Å². The van der Waals surface area contributed by atoms with Crippen LogP contribution in [0, 0.1) is 0 Å². The van der Waals surface area contributed by atoms with E-state index in [0.29, 0.717) is 31.2 Å². The highest BCUT2D eigenvalue weighted by Gasteiger charge is 2.26. The van der Waals surface area contributed by atoms with E-state index in [1.165, 1.54) is 0 Å². The van der Waals surface area contributed by atoms with E-state index in [-0.39, 0.29) is 5.91 Å². The van der Waals surface area contributed by atoms with Crippen LogP contribution >= 0.6 is 11.6 Å². The van der Waals surface area contributed by atoms with E-state index >= 15 is 0 Å². The van der Waals surface area contributed by atoms with E-state index in [2.05, 4.69) is 10.2 Å². The lowest BCUT2D eigenvalue weighted by atomic mass is 10.2. The number of hydrogen-bond acceptors (Lipinski definition) is 3. The predicted molar refractivity (Wildman–Crippen MR) is 82.4 cm³/mol. The van der Waals surface area contributed by atoms with Crippen LogP contribution in [0.3, 0.4) is 0 Å². The molecule has 0 bridgehead atoms. The summed E-state index contributed by atoms with van der Waals surface area (Å²) in [6.45, 7) is 4.23. The standard InChI is InChI=1S/C14H19ClN4O2/c1-10(17-14(16)21)13(20)19-8-6-18(7-9-19)12-5-3-2-4-11(12)15/h2-5,10H,6-9H2,1H3,(H3,16,17,21). The maximum absolute atomic E-state index is 12.2. The van der Waals surface area contributed by atoms with Gasteiger partial charge in [0.1, 0.15) is 6.04 Å². The third kappa shape index (κ3) is 3.78. The van der Waals surface area contributed by atoms with Gasteiger partial charge in [-0.2, -0.15) is 0 Å². The topological polar surface area (TPSA) is 78.7 Å². The van der Waals surface area contributed by atoms with Crippen LogP contribution in [0.25, 0.3) is 0 Å². The van der Waals surface area contributed by atoms with Crippen molar-refractivity contribution in [1.29, 1.82) is 0 Å². The SMILES string of the molecule is CC(NC(N)=O)C(=O)N1CCN(c2ccccc2Cl)CC1. The summed E-state index contributed by atoms with van der Waals surface area (Å²) in [5.74, 6) is -0.118. The first-order valence-corrected chi connectivity index (χ1v) is 7.21. The molecule has 2 rings (SSSR count). The second-order valence-electron chi connectivity index (χ2n) is 4.99. The second kappa shape index (κ2) is 6.67. The van der Waals surface area contributed by atoms with Gasteiger partial charge >= 0.3 is 6.03 Å². The Balaban J connectivity index is 1.93. The van der Waals surface area contributed by atoms with Gasteiger partial charge in [0.25, 0.3) is 0 Å². The number of hydrogen-bond donors (Lipinski definition) is 2. The molecule has 1 aliphatic rings. The van der Waals surface area contributed by atoms with Gasteiger partial charge in [-0.3, -0.25) is 4.79 Å². The Labute approximate surface area is 128 Å². The average molecular weight is 311 g/mol. The van der Waals surface area contributed by atoms with E-state index < -0.39 is 12.1 Å². The summed E-state index contributed by atoms with van der Waals surface area (Å²) in [6.07, 6.45) is 0. The van der Waals surface area contributed by atoms with Crippen molar-refractivity contribution in [2.24, 2.45) is 5.73 Å². The molecule has 1 aliphatic heterocycles. The highest BCUT2D eigenvalue weighted by molar-refractivity contribution is 6.33. The molecule has 1 aromatic carbocycles. The number of amides is 3. The molecule has 1 saturated heterocycles. The number of nitrogens with two attached hydrogens (primary N) is 1. The number of carbonyl (C=O) groups is 2. The molecule has 1 aromatic rings. The van der Waals surface area contributed by atoms with Crippen LogP contribution in [-0.2, 0) is 4.79 Å². The molecule has 3 N–H and O–H groups in total. The molecule has 7 heteroatoms. The molecule has 6 nitrogen and oxygen atoms in total. The van der Waals surface area contributed by atoms with E-state index in [1.54, 1.807) is 11.8 Å². The Kier molecular flexibility index (Phi) is 4.90. The molecule has 0 aromatic heterocycles. The lowest BCUT2D eigenvalue weighted by molar-refractivity contribution is -0.133. The Hall–Kier alpha value is -1.95. The van der Waals surface area contributed by atoms with Crippen LogP contribution in [0.5, 0.6) is 0 Å². The number of benzene rings is 1. The number of rotatable bonds is 3. The van der Waals surface area contributed by atoms with Gasteiger partial charge in [-0.1, -0.05) is 23.7 Å². The summed E-state index contributed by atoms with van der Waals surface area (Å²) in [7, 11) is 0. The van der Waals surface area contributed by atoms with Gasteiger partial charge in [0.05, 0.1) is 10.7 Å². The molecule has 114 valence electrons. The number of para-hydroxylation sites is 1. The maximum Gasteiger partial charge on any atom is 0.312 e.